The molecule has 0 bridgehead atoms. The number of nitrogens with two attached hydrogens (primary N) is 1. The predicted molar refractivity (Wildman–Crippen MR) is 128 cm³/mol. The van der Waals surface area contributed by atoms with Crippen LogP contribution in [-0.2, 0) is 11.0 Å². The maximum atomic E-state index is 13.0. The molecule has 180 valence electrons. The number of benzene rings is 2. The maximum Gasteiger partial charge on any atom is 0.417 e. The molecule has 9 nitrogen and oxygen atoms in total. The zero-order valence-corrected chi connectivity index (χ0v) is 20.4. The van der Waals surface area contributed by atoms with Gasteiger partial charge in [0.1, 0.15) is 5.75 Å². The van der Waals surface area contributed by atoms with Gasteiger partial charge in [-0.1, -0.05) is 39.3 Å². The summed E-state index contributed by atoms with van der Waals surface area (Å²) in [6, 6.07) is 8.48. The Kier molecular flexibility index (Phi) is 8.28. The lowest BCUT2D eigenvalue weighted by molar-refractivity contribution is -0.137. The van der Waals surface area contributed by atoms with Crippen LogP contribution in [0.4, 0.5) is 24.8 Å². The summed E-state index contributed by atoms with van der Waals surface area (Å²) in [4.78, 5) is 12.2. The van der Waals surface area contributed by atoms with Gasteiger partial charge in [-0.3, -0.25) is 4.79 Å². The van der Waals surface area contributed by atoms with Crippen molar-refractivity contribution in [3.8, 4) is 5.75 Å². The van der Waals surface area contributed by atoms with E-state index in [0.717, 1.165) is 33.0 Å². The number of alkyl halides is 3. The SMILES string of the molecule is COc1ccc(Br)cc1/C=N/Nc1nnc(SCC(=O)Nc2ccc(Cl)c(C(F)(F)F)c2)n1N. The standard InChI is InChI=1S/C19H16BrClF3N7O2S/c1-33-15-5-2-11(20)6-10(15)8-26-28-17-29-30-18(31(17)25)34-9-16(32)27-12-3-4-14(21)13(7-12)19(22,23)24/h2-8H,9,25H2,1H3,(H,27,32)(H,28,29)/b26-8+. The third-order valence-corrected chi connectivity index (χ3v) is 5.88. The molecule has 1 heterocycles. The Morgan fingerprint density at radius 1 is 1.32 bits per heavy atom. The number of hydrazone groups is 1. The Balaban J connectivity index is 1.59. The molecule has 3 aromatic rings. The van der Waals surface area contributed by atoms with E-state index in [-0.39, 0.29) is 22.5 Å². The third-order valence-electron chi connectivity index (χ3n) is 4.11. The van der Waals surface area contributed by atoms with E-state index in [4.69, 9.17) is 22.2 Å². The zero-order chi connectivity index (χ0) is 24.9. The smallest absolute Gasteiger partial charge is 0.417 e. The number of methoxy groups -OCH3 is 1. The average molecular weight is 579 g/mol. The first kappa shape index (κ1) is 25.6. The second kappa shape index (κ2) is 11.0. The number of carbonyl (C=O) groups is 1. The fourth-order valence-electron chi connectivity index (χ4n) is 2.56. The van der Waals surface area contributed by atoms with Gasteiger partial charge in [0.25, 0.3) is 5.95 Å². The van der Waals surface area contributed by atoms with Crippen molar-refractivity contribution in [2.45, 2.75) is 11.3 Å². The lowest BCUT2D eigenvalue weighted by Gasteiger charge is -2.11. The van der Waals surface area contributed by atoms with E-state index in [1.807, 2.05) is 6.07 Å². The van der Waals surface area contributed by atoms with E-state index < -0.39 is 22.7 Å². The summed E-state index contributed by atoms with van der Waals surface area (Å²) in [7, 11) is 1.53. The largest absolute Gasteiger partial charge is 0.496 e. The van der Waals surface area contributed by atoms with Crippen molar-refractivity contribution in [1.29, 1.82) is 0 Å². The number of nitrogens with one attached hydrogen (secondary N) is 2. The molecule has 0 saturated heterocycles. The highest BCUT2D eigenvalue weighted by Crippen LogP contribution is 2.36. The number of nitrogens with zero attached hydrogens (tertiary/aromatic N) is 4. The summed E-state index contributed by atoms with van der Waals surface area (Å²) in [6.45, 7) is 0. The first-order valence-electron chi connectivity index (χ1n) is 9.21. The zero-order valence-electron chi connectivity index (χ0n) is 17.2. The van der Waals surface area contributed by atoms with Crippen molar-refractivity contribution in [2.75, 3.05) is 29.4 Å². The molecule has 0 atom stereocenters. The number of anilines is 2. The maximum absolute atomic E-state index is 13.0. The number of rotatable bonds is 8. The highest BCUT2D eigenvalue weighted by Gasteiger charge is 2.33. The van der Waals surface area contributed by atoms with E-state index in [0.29, 0.717) is 11.3 Å². The normalized spacial score (nSPS) is 11.6. The van der Waals surface area contributed by atoms with Gasteiger partial charge in [0.15, 0.2) is 0 Å². The third kappa shape index (κ3) is 6.55. The van der Waals surface area contributed by atoms with Gasteiger partial charge >= 0.3 is 6.18 Å². The number of thioether (sulfide) groups is 1. The molecule has 1 amide bonds. The topological polar surface area (TPSA) is 119 Å². The molecule has 0 fully saturated rings. The molecule has 0 radical (unpaired) electrons. The monoisotopic (exact) mass is 577 g/mol. The number of halogens is 5. The highest BCUT2D eigenvalue weighted by atomic mass is 79.9. The van der Waals surface area contributed by atoms with E-state index in [1.165, 1.54) is 19.4 Å². The molecular weight excluding hydrogens is 563 g/mol. The van der Waals surface area contributed by atoms with Crippen LogP contribution in [0.15, 0.2) is 51.1 Å². The van der Waals surface area contributed by atoms with Crippen molar-refractivity contribution < 1.29 is 22.7 Å². The minimum atomic E-state index is -4.64. The first-order chi connectivity index (χ1) is 16.1. The Morgan fingerprint density at radius 2 is 2.09 bits per heavy atom. The predicted octanol–water partition coefficient (Wildman–Crippen LogP) is 4.61. The molecule has 4 N–H and O–H groups in total. The highest BCUT2D eigenvalue weighted by molar-refractivity contribution is 9.10. The van der Waals surface area contributed by atoms with Crippen LogP contribution in [0.2, 0.25) is 5.02 Å². The van der Waals surface area contributed by atoms with Crippen LogP contribution in [0, 0.1) is 0 Å². The molecule has 2 aromatic carbocycles. The minimum Gasteiger partial charge on any atom is -0.496 e. The summed E-state index contributed by atoms with van der Waals surface area (Å²) in [5.74, 6) is 5.87. The molecule has 34 heavy (non-hydrogen) atoms. The van der Waals surface area contributed by atoms with Gasteiger partial charge in [-0.2, -0.15) is 18.3 Å². The number of ether oxygens (including phenoxy) is 1. The first-order valence-corrected chi connectivity index (χ1v) is 11.4. The van der Waals surface area contributed by atoms with Crippen molar-refractivity contribution in [1.82, 2.24) is 14.9 Å². The van der Waals surface area contributed by atoms with Crippen molar-refractivity contribution >= 4 is 63.1 Å². The number of nitrogen functional groups attached to an aromatic ring is 1. The summed E-state index contributed by atoms with van der Waals surface area (Å²) in [5, 5.41) is 13.9. The molecule has 3 rings (SSSR count). The van der Waals surface area contributed by atoms with Gasteiger partial charge in [-0.05, 0) is 36.4 Å². The Morgan fingerprint density at radius 3 is 2.79 bits per heavy atom. The van der Waals surface area contributed by atoms with E-state index in [9.17, 15) is 18.0 Å². The van der Waals surface area contributed by atoms with Crippen LogP contribution in [0.1, 0.15) is 11.1 Å². The molecular formula is C19H16BrClF3N7O2S. The van der Waals surface area contributed by atoms with E-state index in [2.05, 4.69) is 42.0 Å². The van der Waals surface area contributed by atoms with E-state index in [1.54, 1.807) is 12.1 Å². The second-order valence-corrected chi connectivity index (χ2v) is 8.73. The Bertz CT molecular complexity index is 1220. The Hall–Kier alpha value is -2.97. The van der Waals surface area contributed by atoms with Gasteiger partial charge in [0, 0.05) is 15.7 Å². The molecule has 0 aliphatic rings. The van der Waals surface area contributed by atoms with Crippen LogP contribution in [0.3, 0.4) is 0 Å². The summed E-state index contributed by atoms with van der Waals surface area (Å²) < 4.78 is 46.1. The average Bonchev–Trinajstić information content (AvgIpc) is 3.12. The number of hydrogen-bond acceptors (Lipinski definition) is 8. The summed E-state index contributed by atoms with van der Waals surface area (Å²) in [6.07, 6.45) is -3.14. The van der Waals surface area contributed by atoms with Crippen LogP contribution in [0.5, 0.6) is 5.75 Å². The lowest BCUT2D eigenvalue weighted by Crippen LogP contribution is -2.17. The van der Waals surface area contributed by atoms with Crippen LogP contribution in [-0.4, -0.2) is 39.9 Å². The number of carbonyl (C=O) groups excluding carboxylic acids is 1. The second-order valence-electron chi connectivity index (χ2n) is 6.46. The Labute approximate surface area is 209 Å². The number of amides is 1. The fourth-order valence-corrected chi connectivity index (χ4v) is 3.82. The van der Waals surface area contributed by atoms with Crippen molar-refractivity contribution in [2.24, 2.45) is 5.10 Å². The van der Waals surface area contributed by atoms with Crippen molar-refractivity contribution in [3.63, 3.8) is 0 Å². The van der Waals surface area contributed by atoms with Gasteiger partial charge in [-0.25, -0.2) is 10.1 Å². The van der Waals surface area contributed by atoms with E-state index >= 15 is 0 Å². The van der Waals surface area contributed by atoms with Crippen molar-refractivity contribution in [3.05, 3.63) is 57.0 Å². The van der Waals surface area contributed by atoms with Gasteiger partial charge in [0.2, 0.25) is 11.1 Å². The molecule has 0 spiro atoms. The summed E-state index contributed by atoms with van der Waals surface area (Å²) >= 11 is 9.88. The number of aromatic nitrogens is 3. The van der Waals surface area contributed by atoms with Gasteiger partial charge in [-0.15, -0.1) is 10.2 Å². The molecule has 0 unspecified atom stereocenters. The molecule has 1 aromatic heterocycles. The molecule has 15 heteroatoms. The molecule has 0 saturated carbocycles. The molecule has 0 aliphatic carbocycles. The summed E-state index contributed by atoms with van der Waals surface area (Å²) in [5.41, 5.74) is 2.24. The van der Waals surface area contributed by atoms with Crippen LogP contribution < -0.4 is 21.3 Å². The molecule has 0 aliphatic heterocycles. The fraction of sp³-hybridized carbons (Fsp3) is 0.158. The quantitative estimate of drug-likeness (QED) is 0.155. The number of hydrogen-bond donors (Lipinski definition) is 3. The minimum absolute atomic E-state index is 0.0452. The van der Waals surface area contributed by atoms with Crippen LogP contribution >= 0.6 is 39.3 Å². The van der Waals surface area contributed by atoms with Gasteiger partial charge < -0.3 is 15.9 Å². The van der Waals surface area contributed by atoms with Gasteiger partial charge in [0.05, 0.1) is 29.7 Å². The lowest BCUT2D eigenvalue weighted by atomic mass is 10.2. The van der Waals surface area contributed by atoms with Crippen LogP contribution in [0.25, 0.3) is 0 Å².